The molecule has 0 spiro atoms. The standard InChI is InChI=1S/C12H12FN3O2/c1-17-10-4-3-7(13)5-8(10)9-6-11(18-2)16-12(14)15-9/h3-6H,1-2H3,(H2,14,15,16). The number of aromatic nitrogens is 2. The normalized spacial score (nSPS) is 10.2. The van der Waals surface area contributed by atoms with Gasteiger partial charge < -0.3 is 15.2 Å². The van der Waals surface area contributed by atoms with Crippen molar-refractivity contribution in [2.75, 3.05) is 20.0 Å². The lowest BCUT2D eigenvalue weighted by molar-refractivity contribution is 0.397. The van der Waals surface area contributed by atoms with Crippen molar-refractivity contribution in [1.29, 1.82) is 0 Å². The molecule has 0 fully saturated rings. The lowest BCUT2D eigenvalue weighted by atomic mass is 10.1. The van der Waals surface area contributed by atoms with Gasteiger partial charge in [0.25, 0.3) is 0 Å². The monoisotopic (exact) mass is 249 g/mol. The zero-order valence-corrected chi connectivity index (χ0v) is 9.98. The van der Waals surface area contributed by atoms with Gasteiger partial charge in [-0.15, -0.1) is 0 Å². The van der Waals surface area contributed by atoms with Crippen LogP contribution in [0.3, 0.4) is 0 Å². The fourth-order valence-electron chi connectivity index (χ4n) is 1.57. The van der Waals surface area contributed by atoms with Gasteiger partial charge in [-0.2, -0.15) is 4.98 Å². The van der Waals surface area contributed by atoms with Gasteiger partial charge in [-0.25, -0.2) is 9.37 Å². The summed E-state index contributed by atoms with van der Waals surface area (Å²) in [5.74, 6) is 0.470. The van der Waals surface area contributed by atoms with Crippen LogP contribution in [0, 0.1) is 5.82 Å². The number of hydrogen-bond donors (Lipinski definition) is 1. The molecule has 18 heavy (non-hydrogen) atoms. The van der Waals surface area contributed by atoms with E-state index in [1.54, 1.807) is 6.07 Å². The molecule has 0 aliphatic rings. The highest BCUT2D eigenvalue weighted by molar-refractivity contribution is 5.68. The zero-order valence-electron chi connectivity index (χ0n) is 9.98. The van der Waals surface area contributed by atoms with Crippen molar-refractivity contribution in [2.24, 2.45) is 0 Å². The second-order valence-corrected chi connectivity index (χ2v) is 3.50. The fourth-order valence-corrected chi connectivity index (χ4v) is 1.57. The molecule has 0 saturated carbocycles. The number of rotatable bonds is 3. The summed E-state index contributed by atoms with van der Waals surface area (Å²) in [4.78, 5) is 7.91. The Bertz CT molecular complexity index is 575. The molecule has 6 heteroatoms. The van der Waals surface area contributed by atoms with Crippen molar-refractivity contribution < 1.29 is 13.9 Å². The van der Waals surface area contributed by atoms with E-state index in [-0.39, 0.29) is 11.8 Å². The van der Waals surface area contributed by atoms with Gasteiger partial charge in [0, 0.05) is 11.6 Å². The third-order valence-electron chi connectivity index (χ3n) is 2.37. The van der Waals surface area contributed by atoms with Gasteiger partial charge in [0.2, 0.25) is 11.8 Å². The Kier molecular flexibility index (Phi) is 3.27. The number of benzene rings is 1. The molecule has 0 aliphatic carbocycles. The van der Waals surface area contributed by atoms with Gasteiger partial charge >= 0.3 is 0 Å². The van der Waals surface area contributed by atoms with Crippen molar-refractivity contribution >= 4 is 5.95 Å². The quantitative estimate of drug-likeness (QED) is 0.899. The third kappa shape index (κ3) is 2.32. The van der Waals surface area contributed by atoms with Crippen LogP contribution in [0.15, 0.2) is 24.3 Å². The second kappa shape index (κ2) is 4.87. The number of hydrogen-bond acceptors (Lipinski definition) is 5. The van der Waals surface area contributed by atoms with Crippen LogP contribution < -0.4 is 15.2 Å². The molecule has 1 aromatic heterocycles. The highest BCUT2D eigenvalue weighted by Crippen LogP contribution is 2.31. The Morgan fingerprint density at radius 3 is 2.56 bits per heavy atom. The molecule has 1 aromatic carbocycles. The highest BCUT2D eigenvalue weighted by Gasteiger charge is 2.11. The molecule has 0 unspecified atom stereocenters. The maximum atomic E-state index is 13.3. The molecule has 0 aliphatic heterocycles. The molecular formula is C12H12FN3O2. The smallest absolute Gasteiger partial charge is 0.223 e. The first kappa shape index (κ1) is 12.1. The number of ether oxygens (including phenoxy) is 2. The predicted octanol–water partition coefficient (Wildman–Crippen LogP) is 1.88. The van der Waals surface area contributed by atoms with Crippen molar-refractivity contribution in [1.82, 2.24) is 9.97 Å². The van der Waals surface area contributed by atoms with Gasteiger partial charge in [0.1, 0.15) is 11.6 Å². The lowest BCUT2D eigenvalue weighted by Gasteiger charge is -2.09. The molecule has 0 bridgehead atoms. The lowest BCUT2D eigenvalue weighted by Crippen LogP contribution is -2.00. The molecule has 1 heterocycles. The fraction of sp³-hybridized carbons (Fsp3) is 0.167. The maximum absolute atomic E-state index is 13.3. The van der Waals surface area contributed by atoms with Crippen LogP contribution in [0.5, 0.6) is 11.6 Å². The van der Waals surface area contributed by atoms with Crippen LogP contribution >= 0.6 is 0 Å². The molecule has 2 aromatic rings. The minimum Gasteiger partial charge on any atom is -0.496 e. The molecule has 2 N–H and O–H groups in total. The van der Waals surface area contributed by atoms with Crippen molar-refractivity contribution in [3.05, 3.63) is 30.1 Å². The molecule has 94 valence electrons. The number of nitrogen functional groups attached to an aromatic ring is 1. The molecule has 2 rings (SSSR count). The van der Waals surface area contributed by atoms with Crippen molar-refractivity contribution in [2.45, 2.75) is 0 Å². The first-order valence-electron chi connectivity index (χ1n) is 5.16. The van der Waals surface area contributed by atoms with Gasteiger partial charge in [0.15, 0.2) is 0 Å². The van der Waals surface area contributed by atoms with E-state index in [1.165, 1.54) is 32.4 Å². The van der Waals surface area contributed by atoms with Crippen molar-refractivity contribution in [3.63, 3.8) is 0 Å². The Hall–Kier alpha value is -2.37. The Labute approximate surface area is 103 Å². The van der Waals surface area contributed by atoms with Gasteiger partial charge in [-0.1, -0.05) is 0 Å². The van der Waals surface area contributed by atoms with Crippen molar-refractivity contribution in [3.8, 4) is 22.9 Å². The number of methoxy groups -OCH3 is 2. The first-order valence-corrected chi connectivity index (χ1v) is 5.16. The van der Waals surface area contributed by atoms with Gasteiger partial charge in [-0.05, 0) is 18.2 Å². The molecule has 0 saturated heterocycles. The van der Waals surface area contributed by atoms with Crippen LogP contribution in [-0.2, 0) is 0 Å². The molecule has 0 radical (unpaired) electrons. The van der Waals surface area contributed by atoms with Crippen LogP contribution in [0.25, 0.3) is 11.3 Å². The van der Waals surface area contributed by atoms with E-state index in [1.807, 2.05) is 0 Å². The molecule has 0 amide bonds. The summed E-state index contributed by atoms with van der Waals surface area (Å²) in [5.41, 5.74) is 6.50. The Balaban J connectivity index is 2.60. The zero-order chi connectivity index (χ0) is 13.1. The maximum Gasteiger partial charge on any atom is 0.223 e. The Morgan fingerprint density at radius 1 is 1.11 bits per heavy atom. The summed E-state index contributed by atoms with van der Waals surface area (Å²) in [7, 11) is 2.97. The summed E-state index contributed by atoms with van der Waals surface area (Å²) in [6.07, 6.45) is 0. The molecule has 5 nitrogen and oxygen atoms in total. The van der Waals surface area contributed by atoms with Gasteiger partial charge in [-0.3, -0.25) is 0 Å². The summed E-state index contributed by atoms with van der Waals surface area (Å²) in [5, 5.41) is 0. The van der Waals surface area contributed by atoms with Crippen LogP contribution in [0.1, 0.15) is 0 Å². The number of nitrogens with zero attached hydrogens (tertiary/aromatic N) is 2. The van der Waals surface area contributed by atoms with E-state index in [9.17, 15) is 4.39 Å². The minimum absolute atomic E-state index is 0.0515. The molecular weight excluding hydrogens is 237 g/mol. The SMILES string of the molecule is COc1cc(-c2cc(F)ccc2OC)nc(N)n1. The van der Waals surface area contributed by atoms with E-state index in [2.05, 4.69) is 9.97 Å². The van der Waals surface area contributed by atoms with E-state index in [4.69, 9.17) is 15.2 Å². The predicted molar refractivity (Wildman–Crippen MR) is 64.9 cm³/mol. The van der Waals surface area contributed by atoms with Crippen LogP contribution in [-0.4, -0.2) is 24.2 Å². The average Bonchev–Trinajstić information content (AvgIpc) is 2.38. The molecule has 0 atom stereocenters. The van der Waals surface area contributed by atoms with Gasteiger partial charge in [0.05, 0.1) is 19.9 Å². The summed E-state index contributed by atoms with van der Waals surface area (Å²) < 4.78 is 23.4. The topological polar surface area (TPSA) is 70.3 Å². The van der Waals surface area contributed by atoms with E-state index in [0.29, 0.717) is 22.9 Å². The van der Waals surface area contributed by atoms with Crippen LogP contribution in [0.4, 0.5) is 10.3 Å². The number of nitrogens with two attached hydrogens (primary N) is 1. The summed E-state index contributed by atoms with van der Waals surface area (Å²) in [6, 6.07) is 5.72. The largest absolute Gasteiger partial charge is 0.496 e. The van der Waals surface area contributed by atoms with E-state index in [0.717, 1.165) is 0 Å². The third-order valence-corrected chi connectivity index (χ3v) is 2.37. The average molecular weight is 249 g/mol. The number of halogens is 1. The summed E-state index contributed by atoms with van der Waals surface area (Å²) >= 11 is 0. The minimum atomic E-state index is -0.387. The van der Waals surface area contributed by atoms with Crippen LogP contribution in [0.2, 0.25) is 0 Å². The first-order chi connectivity index (χ1) is 8.63. The van der Waals surface area contributed by atoms with E-state index >= 15 is 0 Å². The highest BCUT2D eigenvalue weighted by atomic mass is 19.1. The second-order valence-electron chi connectivity index (χ2n) is 3.50. The number of anilines is 1. The Morgan fingerprint density at radius 2 is 1.89 bits per heavy atom. The van der Waals surface area contributed by atoms with E-state index < -0.39 is 0 Å². The summed E-state index contributed by atoms with van der Waals surface area (Å²) in [6.45, 7) is 0.